The molecule has 0 spiro atoms. The van der Waals surface area contributed by atoms with E-state index >= 15 is 0 Å². The largest absolute Gasteiger partial charge is 0.494 e. The van der Waals surface area contributed by atoms with Gasteiger partial charge in [-0.3, -0.25) is 0 Å². The monoisotopic (exact) mass is 250 g/mol. The van der Waals surface area contributed by atoms with Gasteiger partial charge in [0.2, 0.25) is 0 Å². The number of hydrogen-bond acceptors (Lipinski definition) is 3. The van der Waals surface area contributed by atoms with E-state index in [9.17, 15) is 4.79 Å². The van der Waals surface area contributed by atoms with Crippen LogP contribution in [0.3, 0.4) is 0 Å². The summed E-state index contributed by atoms with van der Waals surface area (Å²) in [6.45, 7) is 8.35. The molecule has 0 unspecified atom stereocenters. The number of esters is 1. The van der Waals surface area contributed by atoms with E-state index in [0.29, 0.717) is 17.9 Å². The Kier molecular flexibility index (Phi) is 5.20. The zero-order valence-corrected chi connectivity index (χ0v) is 11.7. The van der Waals surface area contributed by atoms with Crippen LogP contribution >= 0.6 is 0 Å². The second-order valence-corrected chi connectivity index (χ2v) is 5.23. The fraction of sp³-hybridized carbons (Fsp3) is 0.533. The fourth-order valence-electron chi connectivity index (χ4n) is 1.38. The highest BCUT2D eigenvalue weighted by molar-refractivity contribution is 5.90. The summed E-state index contributed by atoms with van der Waals surface area (Å²) in [5, 5.41) is 0. The first kappa shape index (κ1) is 14.6. The van der Waals surface area contributed by atoms with Gasteiger partial charge in [-0.05, 0) is 45.4 Å². The molecule has 0 aliphatic carbocycles. The van der Waals surface area contributed by atoms with Gasteiger partial charge in [-0.2, -0.15) is 0 Å². The molecular weight excluding hydrogens is 228 g/mol. The molecule has 0 amide bonds. The number of carbonyl (C=O) groups excluding carboxylic acids is 1. The Morgan fingerprint density at radius 3 is 2.61 bits per heavy atom. The van der Waals surface area contributed by atoms with Gasteiger partial charge >= 0.3 is 5.97 Å². The minimum absolute atomic E-state index is 0.316. The van der Waals surface area contributed by atoms with Crippen molar-refractivity contribution in [1.82, 2.24) is 0 Å². The summed E-state index contributed by atoms with van der Waals surface area (Å²) < 4.78 is 10.9. The molecule has 0 heterocycles. The Balaban J connectivity index is 2.66. The first-order valence-electron chi connectivity index (χ1n) is 6.38. The number of carbonyl (C=O) groups is 1. The van der Waals surface area contributed by atoms with Gasteiger partial charge in [-0.15, -0.1) is 0 Å². The third-order valence-corrected chi connectivity index (χ3v) is 2.24. The summed E-state index contributed by atoms with van der Waals surface area (Å²) in [6.07, 6.45) is 2.10. The highest BCUT2D eigenvalue weighted by atomic mass is 16.6. The average Bonchev–Trinajstić information content (AvgIpc) is 2.27. The molecule has 18 heavy (non-hydrogen) atoms. The van der Waals surface area contributed by atoms with Crippen molar-refractivity contribution in [3.8, 4) is 5.75 Å². The predicted molar refractivity (Wildman–Crippen MR) is 72.0 cm³/mol. The van der Waals surface area contributed by atoms with E-state index in [0.717, 1.165) is 12.8 Å². The van der Waals surface area contributed by atoms with E-state index < -0.39 is 5.60 Å². The van der Waals surface area contributed by atoms with Crippen molar-refractivity contribution in [2.45, 2.75) is 46.1 Å². The molecule has 3 nitrogen and oxygen atoms in total. The Labute approximate surface area is 109 Å². The lowest BCUT2D eigenvalue weighted by Gasteiger charge is -2.19. The third kappa shape index (κ3) is 5.21. The van der Waals surface area contributed by atoms with E-state index in [1.54, 1.807) is 18.2 Å². The number of ether oxygens (including phenoxy) is 2. The number of hydrogen-bond donors (Lipinski definition) is 0. The maximum atomic E-state index is 11.9. The number of unbranched alkanes of at least 4 members (excludes halogenated alkanes) is 1. The van der Waals surface area contributed by atoms with Gasteiger partial charge in [0.25, 0.3) is 0 Å². The predicted octanol–water partition coefficient (Wildman–Crippen LogP) is 3.82. The van der Waals surface area contributed by atoms with Gasteiger partial charge in [0, 0.05) is 0 Å². The van der Waals surface area contributed by atoms with E-state index in [2.05, 4.69) is 6.92 Å². The molecular formula is C15H22O3. The summed E-state index contributed by atoms with van der Waals surface area (Å²) >= 11 is 0. The molecule has 1 aromatic rings. The number of rotatable bonds is 5. The van der Waals surface area contributed by atoms with Gasteiger partial charge in [-0.25, -0.2) is 4.79 Å². The SMILES string of the molecule is CCCCOc1cccc(C(=O)OC(C)(C)C)c1. The first-order valence-corrected chi connectivity index (χ1v) is 6.38. The summed E-state index contributed by atoms with van der Waals surface area (Å²) in [6, 6.07) is 7.12. The van der Waals surface area contributed by atoms with Gasteiger partial charge in [0.1, 0.15) is 11.4 Å². The normalized spacial score (nSPS) is 11.1. The molecule has 100 valence electrons. The van der Waals surface area contributed by atoms with E-state index in [1.165, 1.54) is 0 Å². The Hall–Kier alpha value is -1.51. The van der Waals surface area contributed by atoms with Crippen LogP contribution in [0.1, 0.15) is 50.9 Å². The lowest BCUT2D eigenvalue weighted by molar-refractivity contribution is 0.00691. The molecule has 1 rings (SSSR count). The molecule has 0 fully saturated rings. The summed E-state index contributed by atoms with van der Waals surface area (Å²) in [7, 11) is 0. The van der Waals surface area contributed by atoms with Crippen molar-refractivity contribution in [2.75, 3.05) is 6.61 Å². The van der Waals surface area contributed by atoms with Gasteiger partial charge in [-0.1, -0.05) is 19.4 Å². The van der Waals surface area contributed by atoms with Crippen molar-refractivity contribution < 1.29 is 14.3 Å². The minimum Gasteiger partial charge on any atom is -0.494 e. The van der Waals surface area contributed by atoms with E-state index in [-0.39, 0.29) is 5.97 Å². The number of benzene rings is 1. The molecule has 0 N–H and O–H groups in total. The second-order valence-electron chi connectivity index (χ2n) is 5.23. The quantitative estimate of drug-likeness (QED) is 0.588. The van der Waals surface area contributed by atoms with Crippen molar-refractivity contribution in [3.63, 3.8) is 0 Å². The molecule has 0 radical (unpaired) electrons. The van der Waals surface area contributed by atoms with Crippen molar-refractivity contribution in [2.24, 2.45) is 0 Å². The standard InChI is InChI=1S/C15H22O3/c1-5-6-10-17-13-9-7-8-12(11-13)14(16)18-15(2,3)4/h7-9,11H,5-6,10H2,1-4H3. The van der Waals surface area contributed by atoms with Gasteiger partial charge in [0.15, 0.2) is 0 Å². The van der Waals surface area contributed by atoms with E-state index in [1.807, 2.05) is 26.8 Å². The second kappa shape index (κ2) is 6.43. The molecule has 0 saturated heterocycles. The summed E-state index contributed by atoms with van der Waals surface area (Å²) in [5.41, 5.74) is 0.0507. The zero-order chi connectivity index (χ0) is 13.6. The molecule has 0 bridgehead atoms. The van der Waals surface area contributed by atoms with Crippen LogP contribution in [0.15, 0.2) is 24.3 Å². The van der Waals surface area contributed by atoms with Crippen molar-refractivity contribution in [1.29, 1.82) is 0 Å². The van der Waals surface area contributed by atoms with Crippen LogP contribution in [0.25, 0.3) is 0 Å². The van der Waals surface area contributed by atoms with Gasteiger partial charge in [0.05, 0.1) is 12.2 Å². The maximum absolute atomic E-state index is 11.9. The topological polar surface area (TPSA) is 35.5 Å². The van der Waals surface area contributed by atoms with Crippen LogP contribution in [0.2, 0.25) is 0 Å². The smallest absolute Gasteiger partial charge is 0.338 e. The highest BCUT2D eigenvalue weighted by Crippen LogP contribution is 2.17. The van der Waals surface area contributed by atoms with E-state index in [4.69, 9.17) is 9.47 Å². The highest BCUT2D eigenvalue weighted by Gasteiger charge is 2.18. The minimum atomic E-state index is -0.476. The first-order chi connectivity index (χ1) is 8.42. The summed E-state index contributed by atoms with van der Waals surface area (Å²) in [4.78, 5) is 11.9. The lowest BCUT2D eigenvalue weighted by Crippen LogP contribution is -2.23. The fourth-order valence-corrected chi connectivity index (χ4v) is 1.38. The van der Waals surface area contributed by atoms with Gasteiger partial charge < -0.3 is 9.47 Å². The average molecular weight is 250 g/mol. The van der Waals surface area contributed by atoms with Crippen LogP contribution in [0, 0.1) is 0 Å². The molecule has 0 aliphatic heterocycles. The van der Waals surface area contributed by atoms with Crippen LogP contribution in [-0.2, 0) is 4.74 Å². The molecule has 0 aliphatic rings. The zero-order valence-electron chi connectivity index (χ0n) is 11.7. The third-order valence-electron chi connectivity index (χ3n) is 2.24. The molecule has 1 aromatic carbocycles. The Morgan fingerprint density at radius 1 is 1.28 bits per heavy atom. The molecule has 3 heteroatoms. The van der Waals surface area contributed by atoms with Crippen molar-refractivity contribution in [3.05, 3.63) is 29.8 Å². The van der Waals surface area contributed by atoms with Crippen molar-refractivity contribution >= 4 is 5.97 Å². The Bertz CT molecular complexity index is 391. The lowest BCUT2D eigenvalue weighted by atomic mass is 10.1. The molecule has 0 saturated carbocycles. The van der Waals surface area contributed by atoms with Crippen LogP contribution < -0.4 is 4.74 Å². The van der Waals surface area contributed by atoms with Crippen LogP contribution in [-0.4, -0.2) is 18.2 Å². The van der Waals surface area contributed by atoms with Crippen LogP contribution in [0.5, 0.6) is 5.75 Å². The molecule has 0 atom stereocenters. The molecule has 0 aromatic heterocycles. The maximum Gasteiger partial charge on any atom is 0.338 e. The Morgan fingerprint density at radius 2 is 2.00 bits per heavy atom. The summed E-state index contributed by atoms with van der Waals surface area (Å²) in [5.74, 6) is 0.398. The van der Waals surface area contributed by atoms with Crippen LogP contribution in [0.4, 0.5) is 0 Å².